The van der Waals surface area contributed by atoms with Gasteiger partial charge in [0.1, 0.15) is 6.07 Å². The standard InChI is InChI=1S/C17H17N3/c1-2-13-7-9-20(10-8-13)17-14(11-18)12-19-16-6-4-3-5-15(16)17/h2-6,12-13H,1,7-10H2. The topological polar surface area (TPSA) is 39.9 Å². The number of rotatable bonds is 2. The molecule has 0 aliphatic carbocycles. The summed E-state index contributed by atoms with van der Waals surface area (Å²) >= 11 is 0. The van der Waals surface area contributed by atoms with Crippen LogP contribution in [0.4, 0.5) is 5.69 Å². The Morgan fingerprint density at radius 1 is 1.30 bits per heavy atom. The normalized spacial score (nSPS) is 16.1. The Morgan fingerprint density at radius 2 is 2.05 bits per heavy atom. The third kappa shape index (κ3) is 2.14. The number of pyridine rings is 1. The van der Waals surface area contributed by atoms with E-state index < -0.39 is 0 Å². The molecule has 1 aliphatic heterocycles. The Labute approximate surface area is 119 Å². The van der Waals surface area contributed by atoms with Crippen LogP contribution >= 0.6 is 0 Å². The number of aromatic nitrogens is 1. The Kier molecular flexibility index (Phi) is 3.39. The smallest absolute Gasteiger partial charge is 0.103 e. The molecule has 20 heavy (non-hydrogen) atoms. The molecule has 3 rings (SSSR count). The molecule has 0 N–H and O–H groups in total. The van der Waals surface area contributed by atoms with E-state index >= 15 is 0 Å². The second kappa shape index (κ2) is 5.34. The highest BCUT2D eigenvalue weighted by Gasteiger charge is 2.21. The van der Waals surface area contributed by atoms with Crippen molar-refractivity contribution in [3.63, 3.8) is 0 Å². The van der Waals surface area contributed by atoms with E-state index in [1.807, 2.05) is 24.3 Å². The molecule has 0 atom stereocenters. The van der Waals surface area contributed by atoms with Crippen LogP contribution in [0.25, 0.3) is 10.9 Å². The van der Waals surface area contributed by atoms with Gasteiger partial charge in [0.25, 0.3) is 0 Å². The van der Waals surface area contributed by atoms with Crippen LogP contribution in [0.15, 0.2) is 43.1 Å². The van der Waals surface area contributed by atoms with Crippen molar-refractivity contribution in [3.05, 3.63) is 48.7 Å². The van der Waals surface area contributed by atoms with E-state index in [-0.39, 0.29) is 0 Å². The lowest BCUT2D eigenvalue weighted by atomic mass is 9.96. The first-order valence-corrected chi connectivity index (χ1v) is 6.99. The highest BCUT2D eigenvalue weighted by atomic mass is 15.1. The van der Waals surface area contributed by atoms with Crippen LogP contribution in [0.5, 0.6) is 0 Å². The second-order valence-electron chi connectivity index (χ2n) is 5.21. The van der Waals surface area contributed by atoms with E-state index in [9.17, 15) is 5.26 Å². The third-order valence-corrected chi connectivity index (χ3v) is 4.06. The zero-order valence-corrected chi connectivity index (χ0v) is 11.4. The van der Waals surface area contributed by atoms with Gasteiger partial charge in [0.05, 0.1) is 16.8 Å². The number of benzene rings is 1. The zero-order chi connectivity index (χ0) is 13.9. The zero-order valence-electron chi connectivity index (χ0n) is 11.4. The van der Waals surface area contributed by atoms with Crippen LogP contribution < -0.4 is 4.90 Å². The molecule has 3 heteroatoms. The van der Waals surface area contributed by atoms with Crippen molar-refractivity contribution in [1.29, 1.82) is 5.26 Å². The lowest BCUT2D eigenvalue weighted by Gasteiger charge is -2.33. The number of hydrogen-bond acceptors (Lipinski definition) is 3. The molecule has 2 aromatic rings. The summed E-state index contributed by atoms with van der Waals surface area (Å²) in [6, 6.07) is 10.3. The number of fused-ring (bicyclic) bond motifs is 1. The Hall–Kier alpha value is -2.34. The molecule has 100 valence electrons. The largest absolute Gasteiger partial charge is 0.370 e. The van der Waals surface area contributed by atoms with Gasteiger partial charge in [-0.25, -0.2) is 0 Å². The van der Waals surface area contributed by atoms with Crippen LogP contribution in [0.1, 0.15) is 18.4 Å². The van der Waals surface area contributed by atoms with Crippen LogP contribution in [-0.2, 0) is 0 Å². The molecule has 0 radical (unpaired) electrons. The van der Waals surface area contributed by atoms with Gasteiger partial charge in [0, 0.05) is 24.7 Å². The summed E-state index contributed by atoms with van der Waals surface area (Å²) in [5.41, 5.74) is 2.66. The SMILES string of the molecule is C=CC1CCN(c2c(C#N)cnc3ccccc23)CC1. The average molecular weight is 263 g/mol. The first-order chi connectivity index (χ1) is 9.83. The van der Waals surface area contributed by atoms with Gasteiger partial charge in [0.2, 0.25) is 0 Å². The van der Waals surface area contributed by atoms with E-state index in [0.29, 0.717) is 11.5 Å². The summed E-state index contributed by atoms with van der Waals surface area (Å²) in [7, 11) is 0. The minimum Gasteiger partial charge on any atom is -0.370 e. The molecule has 1 fully saturated rings. The fourth-order valence-electron chi connectivity index (χ4n) is 2.91. The van der Waals surface area contributed by atoms with Gasteiger partial charge in [-0.05, 0) is 24.8 Å². The molecular formula is C17H17N3. The number of allylic oxidation sites excluding steroid dienone is 1. The van der Waals surface area contributed by atoms with Gasteiger partial charge in [0.15, 0.2) is 0 Å². The molecule has 1 aliphatic rings. The van der Waals surface area contributed by atoms with Gasteiger partial charge in [-0.3, -0.25) is 4.98 Å². The molecule has 2 heterocycles. The van der Waals surface area contributed by atoms with Crippen molar-refractivity contribution in [2.75, 3.05) is 18.0 Å². The van der Waals surface area contributed by atoms with Crippen molar-refractivity contribution in [2.45, 2.75) is 12.8 Å². The summed E-state index contributed by atoms with van der Waals surface area (Å²) in [5, 5.41) is 10.4. The fraction of sp³-hybridized carbons (Fsp3) is 0.294. The van der Waals surface area contributed by atoms with Crippen molar-refractivity contribution >= 4 is 16.6 Å². The molecule has 1 aromatic heterocycles. The minimum absolute atomic E-state index is 0.602. The maximum absolute atomic E-state index is 9.37. The van der Waals surface area contributed by atoms with Crippen LogP contribution in [-0.4, -0.2) is 18.1 Å². The van der Waals surface area contributed by atoms with E-state index in [1.54, 1.807) is 6.20 Å². The van der Waals surface area contributed by atoms with E-state index in [4.69, 9.17) is 0 Å². The Balaban J connectivity index is 2.06. The molecule has 0 bridgehead atoms. The first-order valence-electron chi connectivity index (χ1n) is 6.99. The predicted octanol–water partition coefficient (Wildman–Crippen LogP) is 3.51. The minimum atomic E-state index is 0.602. The summed E-state index contributed by atoms with van der Waals surface area (Å²) < 4.78 is 0. The molecule has 1 saturated heterocycles. The second-order valence-corrected chi connectivity index (χ2v) is 5.21. The Bertz CT molecular complexity index is 676. The molecule has 0 amide bonds. The molecule has 0 saturated carbocycles. The van der Waals surface area contributed by atoms with Gasteiger partial charge in [-0.2, -0.15) is 5.26 Å². The van der Waals surface area contributed by atoms with E-state index in [0.717, 1.165) is 42.5 Å². The van der Waals surface area contributed by atoms with E-state index in [2.05, 4.69) is 28.6 Å². The van der Waals surface area contributed by atoms with Crippen LogP contribution in [0.2, 0.25) is 0 Å². The summed E-state index contributed by atoms with van der Waals surface area (Å²) in [6.07, 6.45) is 5.94. The van der Waals surface area contributed by atoms with Crippen molar-refractivity contribution in [2.24, 2.45) is 5.92 Å². The predicted molar refractivity (Wildman–Crippen MR) is 81.6 cm³/mol. The number of para-hydroxylation sites is 1. The van der Waals surface area contributed by atoms with Crippen molar-refractivity contribution < 1.29 is 0 Å². The number of hydrogen-bond donors (Lipinski definition) is 0. The molecule has 3 nitrogen and oxygen atoms in total. The van der Waals surface area contributed by atoms with Gasteiger partial charge >= 0.3 is 0 Å². The summed E-state index contributed by atoms with van der Waals surface area (Å²) in [6.45, 7) is 5.83. The third-order valence-electron chi connectivity index (χ3n) is 4.06. The highest BCUT2D eigenvalue weighted by Crippen LogP contribution is 2.32. The molecular weight excluding hydrogens is 246 g/mol. The van der Waals surface area contributed by atoms with E-state index in [1.165, 1.54) is 0 Å². The monoisotopic (exact) mass is 263 g/mol. The van der Waals surface area contributed by atoms with Gasteiger partial charge in [-0.15, -0.1) is 6.58 Å². The highest BCUT2D eigenvalue weighted by molar-refractivity contribution is 5.94. The maximum atomic E-state index is 9.37. The number of anilines is 1. The fourth-order valence-corrected chi connectivity index (χ4v) is 2.91. The lowest BCUT2D eigenvalue weighted by molar-refractivity contribution is 0.480. The molecule has 0 unspecified atom stereocenters. The summed E-state index contributed by atoms with van der Waals surface area (Å²) in [4.78, 5) is 6.70. The average Bonchev–Trinajstić information content (AvgIpc) is 2.54. The molecule has 0 spiro atoms. The first kappa shape index (κ1) is 12.7. The van der Waals surface area contributed by atoms with Crippen molar-refractivity contribution in [1.82, 2.24) is 4.98 Å². The number of nitrogens with zero attached hydrogens (tertiary/aromatic N) is 3. The van der Waals surface area contributed by atoms with Crippen LogP contribution in [0, 0.1) is 17.2 Å². The molecule has 1 aromatic carbocycles. The van der Waals surface area contributed by atoms with Gasteiger partial charge in [-0.1, -0.05) is 24.3 Å². The Morgan fingerprint density at radius 3 is 2.75 bits per heavy atom. The summed E-state index contributed by atoms with van der Waals surface area (Å²) in [5.74, 6) is 0.602. The van der Waals surface area contributed by atoms with Gasteiger partial charge < -0.3 is 4.90 Å². The maximum Gasteiger partial charge on any atom is 0.103 e. The van der Waals surface area contributed by atoms with Crippen LogP contribution in [0.3, 0.4) is 0 Å². The number of piperidine rings is 1. The number of nitriles is 1. The quantitative estimate of drug-likeness (QED) is 0.778. The lowest BCUT2D eigenvalue weighted by Crippen LogP contribution is -2.33. The van der Waals surface area contributed by atoms with Crippen molar-refractivity contribution in [3.8, 4) is 6.07 Å².